The van der Waals surface area contributed by atoms with Crippen molar-refractivity contribution in [3.63, 3.8) is 0 Å². The molecule has 3 aromatic rings. The molecule has 1 saturated heterocycles. The van der Waals surface area contributed by atoms with Gasteiger partial charge < -0.3 is 10.3 Å². The van der Waals surface area contributed by atoms with Crippen LogP contribution in [0.4, 0.5) is 4.39 Å². The Morgan fingerprint density at radius 3 is 2.50 bits per heavy atom. The number of ketones is 1. The third-order valence-electron chi connectivity index (χ3n) is 6.04. The number of rotatable bonds is 7. The van der Waals surface area contributed by atoms with Crippen molar-refractivity contribution >= 4 is 16.8 Å². The number of fused-ring (bicyclic) bond motifs is 1. The van der Waals surface area contributed by atoms with E-state index < -0.39 is 12.3 Å². The van der Waals surface area contributed by atoms with E-state index in [9.17, 15) is 9.59 Å². The molecule has 1 aliphatic heterocycles. The minimum atomic E-state index is -1.21. The quantitative estimate of drug-likeness (QED) is 0.464. The molecule has 30 heavy (non-hydrogen) atoms. The smallest absolute Gasteiger partial charge is 0.310 e. The molecule has 2 atom stereocenters. The van der Waals surface area contributed by atoms with E-state index in [-0.39, 0.29) is 23.9 Å². The van der Waals surface area contributed by atoms with Crippen LogP contribution in [0.5, 0.6) is 0 Å². The lowest BCUT2D eigenvalue weighted by atomic mass is 9.99. The summed E-state index contributed by atoms with van der Waals surface area (Å²) in [6.07, 6.45) is 0.274. The number of hydrogen-bond acceptors (Lipinski definition) is 4. The van der Waals surface area contributed by atoms with E-state index in [4.69, 9.17) is 0 Å². The minimum absolute atomic E-state index is 0.0446. The number of alkyl halides is 1. The maximum absolute atomic E-state index is 15.1. The highest BCUT2D eigenvalue weighted by atomic mass is 19.1. The first-order valence-corrected chi connectivity index (χ1v) is 10.4. The Balaban J connectivity index is 1.39. The van der Waals surface area contributed by atoms with Gasteiger partial charge in [-0.05, 0) is 32.0 Å². The van der Waals surface area contributed by atoms with Crippen molar-refractivity contribution in [3.05, 3.63) is 70.6 Å². The molecule has 2 heterocycles. The number of imidazole rings is 1. The molecule has 158 valence electrons. The Morgan fingerprint density at radius 2 is 1.80 bits per heavy atom. The molecular weight excluding hydrogens is 383 g/mol. The van der Waals surface area contributed by atoms with E-state index in [0.717, 1.165) is 11.0 Å². The van der Waals surface area contributed by atoms with Gasteiger partial charge in [0.25, 0.3) is 0 Å². The summed E-state index contributed by atoms with van der Waals surface area (Å²) in [5, 5.41) is 2.96. The van der Waals surface area contributed by atoms with Gasteiger partial charge >= 0.3 is 5.69 Å². The van der Waals surface area contributed by atoms with E-state index in [0.29, 0.717) is 31.5 Å². The summed E-state index contributed by atoms with van der Waals surface area (Å²) in [5.41, 5.74) is 2.18. The number of piperidine rings is 1. The SMILES string of the molecule is CNC(CC(F)N1CCC(n2c(=O)[nH]c3ccccc32)CC1)C(=O)c1ccccc1. The van der Waals surface area contributed by atoms with E-state index in [1.54, 1.807) is 28.6 Å². The van der Waals surface area contributed by atoms with Crippen LogP contribution in [0.15, 0.2) is 59.4 Å². The topological polar surface area (TPSA) is 70.1 Å². The average Bonchev–Trinajstić information content (AvgIpc) is 3.13. The van der Waals surface area contributed by atoms with Crippen LogP contribution in [0, 0.1) is 0 Å². The largest absolute Gasteiger partial charge is 0.326 e. The Kier molecular flexibility index (Phi) is 6.11. The number of halogens is 1. The summed E-state index contributed by atoms with van der Waals surface area (Å²) in [6, 6.07) is 16.1. The van der Waals surface area contributed by atoms with Crippen molar-refractivity contribution < 1.29 is 9.18 Å². The van der Waals surface area contributed by atoms with Crippen LogP contribution >= 0.6 is 0 Å². The molecule has 7 heteroatoms. The molecule has 1 aromatic heterocycles. The molecular formula is C23H27FN4O2. The fourth-order valence-electron chi connectivity index (χ4n) is 4.36. The highest BCUT2D eigenvalue weighted by molar-refractivity contribution is 6.00. The number of likely N-dealkylation sites (N-methyl/N-ethyl adjacent to an activating group) is 1. The summed E-state index contributed by atoms with van der Waals surface area (Å²) < 4.78 is 16.9. The van der Waals surface area contributed by atoms with E-state index in [1.165, 1.54) is 0 Å². The Bertz CT molecular complexity index is 1050. The second-order valence-electron chi connectivity index (χ2n) is 7.83. The number of aromatic nitrogens is 2. The molecule has 4 rings (SSSR count). The van der Waals surface area contributed by atoms with Gasteiger partial charge in [-0.25, -0.2) is 9.18 Å². The van der Waals surface area contributed by atoms with Crippen molar-refractivity contribution in [2.45, 2.75) is 37.6 Å². The van der Waals surface area contributed by atoms with Gasteiger partial charge in [-0.2, -0.15) is 0 Å². The summed E-state index contributed by atoms with van der Waals surface area (Å²) in [5.74, 6) is -0.0963. The number of carbonyl (C=O) groups is 1. The van der Waals surface area contributed by atoms with Gasteiger partial charge in [0.05, 0.1) is 17.1 Å². The predicted octanol–water partition coefficient (Wildman–Crippen LogP) is 3.12. The van der Waals surface area contributed by atoms with Gasteiger partial charge in [0.2, 0.25) is 0 Å². The average molecular weight is 410 g/mol. The summed E-state index contributed by atoms with van der Waals surface area (Å²) in [6.45, 7) is 1.10. The second-order valence-corrected chi connectivity index (χ2v) is 7.83. The summed E-state index contributed by atoms with van der Waals surface area (Å²) in [4.78, 5) is 29.8. The lowest BCUT2D eigenvalue weighted by Gasteiger charge is -2.35. The summed E-state index contributed by atoms with van der Waals surface area (Å²) in [7, 11) is 1.69. The third kappa shape index (κ3) is 4.08. The van der Waals surface area contributed by atoms with Crippen molar-refractivity contribution in [3.8, 4) is 0 Å². The maximum Gasteiger partial charge on any atom is 0.326 e. The third-order valence-corrected chi connectivity index (χ3v) is 6.04. The highest BCUT2D eigenvalue weighted by Crippen LogP contribution is 2.27. The first-order chi connectivity index (χ1) is 14.6. The van der Waals surface area contributed by atoms with Gasteiger partial charge in [-0.15, -0.1) is 0 Å². The zero-order valence-corrected chi connectivity index (χ0v) is 17.1. The minimum Gasteiger partial charge on any atom is -0.310 e. The van der Waals surface area contributed by atoms with Gasteiger partial charge in [0.1, 0.15) is 0 Å². The molecule has 2 unspecified atom stereocenters. The number of benzene rings is 2. The lowest BCUT2D eigenvalue weighted by molar-refractivity contribution is 0.0366. The number of para-hydroxylation sites is 2. The fourth-order valence-corrected chi connectivity index (χ4v) is 4.36. The number of nitrogens with zero attached hydrogens (tertiary/aromatic N) is 2. The number of aromatic amines is 1. The number of carbonyl (C=O) groups excluding carboxylic acids is 1. The number of hydrogen-bond donors (Lipinski definition) is 2. The van der Waals surface area contributed by atoms with Gasteiger partial charge in [-0.1, -0.05) is 42.5 Å². The molecule has 2 aromatic carbocycles. The van der Waals surface area contributed by atoms with Crippen LogP contribution in [-0.2, 0) is 0 Å². The van der Waals surface area contributed by atoms with Crippen molar-refractivity contribution in [2.75, 3.05) is 20.1 Å². The van der Waals surface area contributed by atoms with Crippen LogP contribution in [0.3, 0.4) is 0 Å². The van der Waals surface area contributed by atoms with Gasteiger partial charge in [0, 0.05) is 31.1 Å². The zero-order valence-electron chi connectivity index (χ0n) is 17.1. The first kappa shape index (κ1) is 20.5. The summed E-state index contributed by atoms with van der Waals surface area (Å²) >= 11 is 0. The number of nitrogens with one attached hydrogen (secondary N) is 2. The molecule has 0 bridgehead atoms. The molecule has 2 N–H and O–H groups in total. The van der Waals surface area contributed by atoms with Crippen LogP contribution in [0.2, 0.25) is 0 Å². The van der Waals surface area contributed by atoms with E-state index in [2.05, 4.69) is 10.3 Å². The van der Waals surface area contributed by atoms with Crippen molar-refractivity contribution in [2.24, 2.45) is 0 Å². The van der Waals surface area contributed by atoms with Crippen molar-refractivity contribution in [1.29, 1.82) is 0 Å². The number of H-pyrrole nitrogens is 1. The molecule has 0 spiro atoms. The van der Waals surface area contributed by atoms with Crippen LogP contribution in [0.25, 0.3) is 11.0 Å². The number of Topliss-reactive ketones (excluding diaryl/α,β-unsaturated/α-hetero) is 1. The van der Waals surface area contributed by atoms with Crippen LogP contribution in [-0.4, -0.2) is 52.7 Å². The first-order valence-electron chi connectivity index (χ1n) is 10.4. The van der Waals surface area contributed by atoms with Crippen molar-refractivity contribution in [1.82, 2.24) is 19.8 Å². The standard InChI is InChI=1S/C23H27FN4O2/c1-25-19(22(29)16-7-3-2-4-8-16)15-21(24)27-13-11-17(12-14-27)28-20-10-6-5-9-18(20)26-23(28)30/h2-10,17,19,21,25H,11-15H2,1H3,(H,26,30). The molecule has 0 saturated carbocycles. The number of likely N-dealkylation sites (tertiary alicyclic amines) is 1. The molecule has 1 aliphatic rings. The Labute approximate surface area is 174 Å². The second kappa shape index (κ2) is 8.93. The highest BCUT2D eigenvalue weighted by Gasteiger charge is 2.30. The molecule has 0 amide bonds. The molecule has 0 aliphatic carbocycles. The van der Waals surface area contributed by atoms with E-state index >= 15 is 4.39 Å². The molecule has 6 nitrogen and oxygen atoms in total. The Hall–Kier alpha value is -2.77. The van der Waals surface area contributed by atoms with Gasteiger partial charge in [0.15, 0.2) is 12.1 Å². The van der Waals surface area contributed by atoms with E-state index in [1.807, 2.05) is 42.5 Å². The lowest BCUT2D eigenvalue weighted by Crippen LogP contribution is -2.45. The predicted molar refractivity (Wildman–Crippen MR) is 116 cm³/mol. The zero-order chi connectivity index (χ0) is 21.1. The van der Waals surface area contributed by atoms with Crippen LogP contribution < -0.4 is 11.0 Å². The Morgan fingerprint density at radius 1 is 1.13 bits per heavy atom. The van der Waals surface area contributed by atoms with Crippen LogP contribution in [0.1, 0.15) is 35.7 Å². The normalized spacial score (nSPS) is 17.8. The van der Waals surface area contributed by atoms with Gasteiger partial charge in [-0.3, -0.25) is 14.3 Å². The maximum atomic E-state index is 15.1. The molecule has 1 fully saturated rings. The molecule has 0 radical (unpaired) electrons. The fraction of sp³-hybridized carbons (Fsp3) is 0.391. The monoisotopic (exact) mass is 410 g/mol.